The van der Waals surface area contributed by atoms with Crippen molar-refractivity contribution in [1.82, 2.24) is 20.1 Å². The van der Waals surface area contributed by atoms with Crippen LogP contribution in [-0.4, -0.2) is 54.2 Å². The minimum atomic E-state index is 0.516. The van der Waals surface area contributed by atoms with Crippen molar-refractivity contribution in [1.29, 1.82) is 0 Å². The highest BCUT2D eigenvalue weighted by molar-refractivity contribution is 5.79. The van der Waals surface area contributed by atoms with Gasteiger partial charge in [0.2, 0.25) is 0 Å². The minimum Gasteiger partial charge on any atom is -0.357 e. The molecular weight excluding hydrogens is 286 g/mol. The number of likely N-dealkylation sites (tertiary alicyclic amines) is 1. The molecule has 0 amide bonds. The first-order valence-corrected chi connectivity index (χ1v) is 9.06. The first kappa shape index (κ1) is 17.9. The van der Waals surface area contributed by atoms with Crippen molar-refractivity contribution in [2.45, 2.75) is 46.2 Å². The molecule has 2 N–H and O–H groups in total. The average Bonchev–Trinajstić information content (AvgIpc) is 3.06. The first-order valence-electron chi connectivity index (χ1n) is 9.06. The highest BCUT2D eigenvalue weighted by Crippen LogP contribution is 2.17. The van der Waals surface area contributed by atoms with Gasteiger partial charge in [-0.2, -0.15) is 0 Å². The van der Waals surface area contributed by atoms with Crippen LogP contribution in [0, 0.1) is 5.92 Å². The quantitative estimate of drug-likeness (QED) is 0.598. The summed E-state index contributed by atoms with van der Waals surface area (Å²) in [5, 5.41) is 6.76. The molecule has 0 bridgehead atoms. The van der Waals surface area contributed by atoms with Gasteiger partial charge in [-0.1, -0.05) is 6.92 Å². The van der Waals surface area contributed by atoms with Crippen molar-refractivity contribution in [3.05, 3.63) is 24.5 Å². The van der Waals surface area contributed by atoms with Crippen LogP contribution in [-0.2, 0) is 6.54 Å². The first-order chi connectivity index (χ1) is 11.2. The molecule has 5 heteroatoms. The average molecular weight is 319 g/mol. The summed E-state index contributed by atoms with van der Waals surface area (Å²) in [7, 11) is 0. The molecule has 2 heterocycles. The molecule has 1 aromatic heterocycles. The predicted molar refractivity (Wildman–Crippen MR) is 97.8 cm³/mol. The van der Waals surface area contributed by atoms with Crippen LogP contribution in [0.4, 0.5) is 0 Å². The zero-order chi connectivity index (χ0) is 16.5. The van der Waals surface area contributed by atoms with Gasteiger partial charge in [0.15, 0.2) is 5.96 Å². The summed E-state index contributed by atoms with van der Waals surface area (Å²) in [5.74, 6) is 1.81. The second-order valence-electron chi connectivity index (χ2n) is 6.63. The van der Waals surface area contributed by atoms with E-state index in [0.717, 1.165) is 38.1 Å². The Morgan fingerprint density at radius 2 is 1.91 bits per heavy atom. The van der Waals surface area contributed by atoms with Crippen molar-refractivity contribution in [3.63, 3.8) is 0 Å². The zero-order valence-electron chi connectivity index (χ0n) is 15.0. The van der Waals surface area contributed by atoms with Crippen LogP contribution >= 0.6 is 0 Å². The number of rotatable bonds is 7. The van der Waals surface area contributed by atoms with Crippen LogP contribution in [0.5, 0.6) is 0 Å². The van der Waals surface area contributed by atoms with Gasteiger partial charge in [0, 0.05) is 38.1 Å². The molecule has 0 aliphatic carbocycles. The zero-order valence-corrected chi connectivity index (χ0v) is 15.0. The Morgan fingerprint density at radius 1 is 1.22 bits per heavy atom. The molecule has 130 valence electrons. The summed E-state index contributed by atoms with van der Waals surface area (Å²) in [4.78, 5) is 7.35. The molecule has 0 saturated carbocycles. The van der Waals surface area contributed by atoms with Crippen LogP contribution in [0.1, 0.15) is 33.6 Å². The molecule has 1 aromatic rings. The topological polar surface area (TPSA) is 44.6 Å². The van der Waals surface area contributed by atoms with E-state index >= 15 is 0 Å². The van der Waals surface area contributed by atoms with Crippen LogP contribution in [0.3, 0.4) is 0 Å². The molecule has 1 fully saturated rings. The van der Waals surface area contributed by atoms with Crippen molar-refractivity contribution < 1.29 is 0 Å². The van der Waals surface area contributed by atoms with E-state index < -0.39 is 0 Å². The van der Waals surface area contributed by atoms with Gasteiger partial charge in [-0.25, -0.2) is 0 Å². The molecular formula is C18H33N5. The number of guanidine groups is 1. The Labute approximate surface area is 141 Å². The molecule has 1 aliphatic heterocycles. The van der Waals surface area contributed by atoms with Gasteiger partial charge in [-0.05, 0) is 57.8 Å². The van der Waals surface area contributed by atoms with E-state index in [9.17, 15) is 0 Å². The smallest absolute Gasteiger partial charge is 0.191 e. The third-order valence-electron chi connectivity index (χ3n) is 4.63. The monoisotopic (exact) mass is 319 g/mol. The number of hydrogen-bond donors (Lipinski definition) is 2. The second kappa shape index (κ2) is 9.60. The molecule has 1 aliphatic rings. The van der Waals surface area contributed by atoms with E-state index in [2.05, 4.69) is 65.4 Å². The van der Waals surface area contributed by atoms with Gasteiger partial charge in [0.05, 0.1) is 6.54 Å². The van der Waals surface area contributed by atoms with Crippen molar-refractivity contribution in [3.8, 4) is 0 Å². The molecule has 0 radical (unpaired) electrons. The van der Waals surface area contributed by atoms with Crippen molar-refractivity contribution >= 4 is 5.96 Å². The number of hydrogen-bond acceptors (Lipinski definition) is 2. The van der Waals surface area contributed by atoms with E-state index in [-0.39, 0.29) is 0 Å². The Hall–Kier alpha value is -1.49. The van der Waals surface area contributed by atoms with Gasteiger partial charge in [0.1, 0.15) is 0 Å². The van der Waals surface area contributed by atoms with Crippen LogP contribution in [0.25, 0.3) is 0 Å². The molecule has 0 spiro atoms. The second-order valence-corrected chi connectivity index (χ2v) is 6.63. The number of aliphatic imine (C=N–C) groups is 1. The standard InChI is InChI=1S/C18H33N5/c1-4-19-18(20-9-14-22-10-5-6-11-22)21-15-17(3)23-12-7-16(2)8-13-23/h5-6,10-11,16-17H,4,7-9,12-15H2,1-3H3,(H2,19,20,21). The number of aromatic nitrogens is 1. The summed E-state index contributed by atoms with van der Waals surface area (Å²) in [6.07, 6.45) is 6.82. The Bertz CT molecular complexity index is 446. The lowest BCUT2D eigenvalue weighted by Crippen LogP contribution is -2.43. The van der Waals surface area contributed by atoms with Crippen molar-refractivity contribution in [2.75, 3.05) is 32.7 Å². The number of nitrogens with one attached hydrogen (secondary N) is 2. The SMILES string of the molecule is CCNC(=NCC(C)N1CCC(C)CC1)NCCn1cccc1. The minimum absolute atomic E-state index is 0.516. The third kappa shape index (κ3) is 6.26. The largest absolute Gasteiger partial charge is 0.357 e. The summed E-state index contributed by atoms with van der Waals surface area (Å²) in [6.45, 7) is 12.8. The van der Waals surface area contributed by atoms with E-state index in [1.807, 2.05) is 0 Å². The molecule has 0 aromatic carbocycles. The molecule has 1 unspecified atom stereocenters. The number of piperidine rings is 1. The van der Waals surface area contributed by atoms with Crippen LogP contribution in [0.2, 0.25) is 0 Å². The maximum absolute atomic E-state index is 4.77. The fraction of sp³-hybridized carbons (Fsp3) is 0.722. The van der Waals surface area contributed by atoms with E-state index in [1.165, 1.54) is 25.9 Å². The Morgan fingerprint density at radius 3 is 2.57 bits per heavy atom. The fourth-order valence-corrected chi connectivity index (χ4v) is 2.97. The molecule has 1 saturated heterocycles. The fourth-order valence-electron chi connectivity index (χ4n) is 2.97. The molecule has 23 heavy (non-hydrogen) atoms. The molecule has 1 atom stereocenters. The molecule has 5 nitrogen and oxygen atoms in total. The lowest BCUT2D eigenvalue weighted by molar-refractivity contribution is 0.150. The highest BCUT2D eigenvalue weighted by Gasteiger charge is 2.19. The maximum Gasteiger partial charge on any atom is 0.191 e. The summed E-state index contributed by atoms with van der Waals surface area (Å²) >= 11 is 0. The lowest BCUT2D eigenvalue weighted by atomic mass is 9.98. The number of nitrogens with zero attached hydrogens (tertiary/aromatic N) is 3. The summed E-state index contributed by atoms with van der Waals surface area (Å²) in [5.41, 5.74) is 0. The van der Waals surface area contributed by atoms with Gasteiger partial charge in [0.25, 0.3) is 0 Å². The predicted octanol–water partition coefficient (Wildman–Crippen LogP) is 2.16. The van der Waals surface area contributed by atoms with E-state index in [0.29, 0.717) is 6.04 Å². The van der Waals surface area contributed by atoms with Crippen LogP contribution < -0.4 is 10.6 Å². The van der Waals surface area contributed by atoms with Gasteiger partial charge in [-0.3, -0.25) is 9.89 Å². The third-order valence-corrected chi connectivity index (χ3v) is 4.63. The normalized spacial score (nSPS) is 18.8. The lowest BCUT2D eigenvalue weighted by Gasteiger charge is -2.34. The van der Waals surface area contributed by atoms with Crippen LogP contribution in [0.15, 0.2) is 29.5 Å². The Kier molecular flexibility index (Phi) is 7.46. The maximum atomic E-state index is 4.77. The summed E-state index contributed by atoms with van der Waals surface area (Å²) < 4.78 is 2.17. The highest BCUT2D eigenvalue weighted by atomic mass is 15.2. The van der Waals surface area contributed by atoms with Gasteiger partial charge in [-0.15, -0.1) is 0 Å². The van der Waals surface area contributed by atoms with E-state index in [1.54, 1.807) is 0 Å². The van der Waals surface area contributed by atoms with Crippen molar-refractivity contribution in [2.24, 2.45) is 10.9 Å². The van der Waals surface area contributed by atoms with Gasteiger partial charge >= 0.3 is 0 Å². The molecule has 2 rings (SSSR count). The summed E-state index contributed by atoms with van der Waals surface area (Å²) in [6, 6.07) is 4.63. The Balaban J connectivity index is 1.75. The van der Waals surface area contributed by atoms with Gasteiger partial charge < -0.3 is 15.2 Å². The van der Waals surface area contributed by atoms with E-state index in [4.69, 9.17) is 4.99 Å².